The standard InChI is InChI=1S/C14H22N2O2.H2/c1-2-13(17)15-9-4-10-16(12-7-8-12)14(18)11-5-3-6-11;/h2,11-12H,1,3-10H2,(H,15,17);1H. The van der Waals surface area contributed by atoms with E-state index in [-0.39, 0.29) is 13.3 Å². The average Bonchev–Trinajstić information content (AvgIpc) is 3.10. The Kier molecular flexibility index (Phi) is 4.39. The minimum atomic E-state index is -0.140. The third kappa shape index (κ3) is 3.34. The molecular weight excluding hydrogens is 228 g/mol. The summed E-state index contributed by atoms with van der Waals surface area (Å²) in [6, 6.07) is 0.480. The molecule has 0 unspecified atom stereocenters. The van der Waals surface area contributed by atoms with Crippen molar-refractivity contribution in [1.82, 2.24) is 10.2 Å². The first-order valence-corrected chi connectivity index (χ1v) is 6.93. The minimum absolute atomic E-state index is 0. The van der Waals surface area contributed by atoms with Crippen molar-refractivity contribution in [1.29, 1.82) is 0 Å². The highest BCUT2D eigenvalue weighted by atomic mass is 16.2. The molecule has 2 rings (SSSR count). The smallest absolute Gasteiger partial charge is 0.243 e. The molecule has 4 heteroatoms. The van der Waals surface area contributed by atoms with Gasteiger partial charge in [-0.3, -0.25) is 9.59 Å². The summed E-state index contributed by atoms with van der Waals surface area (Å²) in [4.78, 5) is 25.2. The van der Waals surface area contributed by atoms with E-state index in [1.165, 1.54) is 12.5 Å². The summed E-state index contributed by atoms with van der Waals surface area (Å²) in [5.41, 5.74) is 0. The van der Waals surface area contributed by atoms with E-state index in [0.29, 0.717) is 18.5 Å². The van der Waals surface area contributed by atoms with Gasteiger partial charge in [-0.2, -0.15) is 0 Å². The summed E-state index contributed by atoms with van der Waals surface area (Å²) >= 11 is 0. The van der Waals surface area contributed by atoms with E-state index in [1.54, 1.807) is 0 Å². The fourth-order valence-electron chi connectivity index (χ4n) is 2.28. The van der Waals surface area contributed by atoms with E-state index >= 15 is 0 Å². The molecule has 4 nitrogen and oxygen atoms in total. The fourth-order valence-corrected chi connectivity index (χ4v) is 2.28. The van der Waals surface area contributed by atoms with Gasteiger partial charge in [-0.15, -0.1) is 0 Å². The van der Waals surface area contributed by atoms with Gasteiger partial charge in [0, 0.05) is 26.5 Å². The zero-order chi connectivity index (χ0) is 13.0. The van der Waals surface area contributed by atoms with Crippen molar-refractivity contribution < 1.29 is 11.0 Å². The number of rotatable bonds is 7. The zero-order valence-electron chi connectivity index (χ0n) is 10.9. The molecule has 0 radical (unpaired) electrons. The van der Waals surface area contributed by atoms with Crippen LogP contribution in [-0.4, -0.2) is 35.8 Å². The van der Waals surface area contributed by atoms with Gasteiger partial charge in [-0.1, -0.05) is 13.0 Å². The van der Waals surface area contributed by atoms with Crippen molar-refractivity contribution in [3.8, 4) is 0 Å². The van der Waals surface area contributed by atoms with Crippen LogP contribution in [0.2, 0.25) is 0 Å². The first-order valence-electron chi connectivity index (χ1n) is 6.93. The Bertz CT molecular complexity index is 338. The monoisotopic (exact) mass is 252 g/mol. The Labute approximate surface area is 110 Å². The van der Waals surface area contributed by atoms with Gasteiger partial charge in [0.05, 0.1) is 0 Å². The third-order valence-electron chi connectivity index (χ3n) is 3.79. The van der Waals surface area contributed by atoms with E-state index in [9.17, 15) is 9.59 Å². The van der Waals surface area contributed by atoms with Crippen LogP contribution in [0.3, 0.4) is 0 Å². The zero-order valence-corrected chi connectivity index (χ0v) is 10.9. The van der Waals surface area contributed by atoms with Crippen LogP contribution in [-0.2, 0) is 9.59 Å². The van der Waals surface area contributed by atoms with Crippen molar-refractivity contribution in [3.63, 3.8) is 0 Å². The molecule has 0 saturated heterocycles. The number of carbonyl (C=O) groups is 2. The van der Waals surface area contributed by atoms with Gasteiger partial charge < -0.3 is 10.2 Å². The van der Waals surface area contributed by atoms with Crippen LogP contribution in [0.15, 0.2) is 12.7 Å². The third-order valence-corrected chi connectivity index (χ3v) is 3.79. The van der Waals surface area contributed by atoms with Crippen molar-refractivity contribution in [2.45, 2.75) is 44.6 Å². The van der Waals surface area contributed by atoms with E-state index < -0.39 is 0 Å². The Balaban J connectivity index is 0.00000180. The van der Waals surface area contributed by atoms with Gasteiger partial charge >= 0.3 is 0 Å². The number of carbonyl (C=O) groups excluding carboxylic acids is 2. The van der Waals surface area contributed by atoms with Gasteiger partial charge in [0.25, 0.3) is 0 Å². The molecule has 2 aliphatic carbocycles. The van der Waals surface area contributed by atoms with Gasteiger partial charge in [0.2, 0.25) is 11.8 Å². The van der Waals surface area contributed by atoms with Crippen LogP contribution < -0.4 is 5.32 Å². The van der Waals surface area contributed by atoms with Crippen molar-refractivity contribution in [2.75, 3.05) is 13.1 Å². The molecule has 2 amide bonds. The van der Waals surface area contributed by atoms with Crippen LogP contribution >= 0.6 is 0 Å². The quantitative estimate of drug-likeness (QED) is 0.554. The lowest BCUT2D eigenvalue weighted by Crippen LogP contribution is -2.41. The Morgan fingerprint density at radius 3 is 2.56 bits per heavy atom. The van der Waals surface area contributed by atoms with Gasteiger partial charge in [-0.25, -0.2) is 0 Å². The molecular formula is C14H24N2O2. The molecule has 0 aromatic heterocycles. The summed E-state index contributed by atoms with van der Waals surface area (Å²) in [5.74, 6) is 0.491. The van der Waals surface area contributed by atoms with Gasteiger partial charge in [0.1, 0.15) is 0 Å². The van der Waals surface area contributed by atoms with E-state index in [2.05, 4.69) is 11.9 Å². The largest absolute Gasteiger partial charge is 0.353 e. The molecule has 0 aromatic rings. The lowest BCUT2D eigenvalue weighted by molar-refractivity contribution is -0.138. The van der Waals surface area contributed by atoms with E-state index in [1.807, 2.05) is 4.90 Å². The van der Waals surface area contributed by atoms with Gasteiger partial charge in [0.15, 0.2) is 0 Å². The van der Waals surface area contributed by atoms with Crippen LogP contribution in [0.25, 0.3) is 0 Å². The van der Waals surface area contributed by atoms with Crippen LogP contribution in [0, 0.1) is 5.92 Å². The lowest BCUT2D eigenvalue weighted by Gasteiger charge is -2.31. The number of hydrogen-bond donors (Lipinski definition) is 1. The second-order valence-corrected chi connectivity index (χ2v) is 5.24. The second kappa shape index (κ2) is 6.03. The predicted octanol–water partition coefficient (Wildman–Crippen LogP) is 1.72. The summed E-state index contributed by atoms with van der Waals surface area (Å²) in [7, 11) is 0. The van der Waals surface area contributed by atoms with Crippen molar-refractivity contribution in [2.24, 2.45) is 5.92 Å². The SMILES string of the molecule is C=CC(=O)NCCCN(C(=O)C1CCC1)C1CC1.[HH]. The Morgan fingerprint density at radius 2 is 2.06 bits per heavy atom. The highest BCUT2D eigenvalue weighted by Gasteiger charge is 2.37. The maximum absolute atomic E-state index is 12.2. The molecule has 1 N–H and O–H groups in total. The topological polar surface area (TPSA) is 49.4 Å². The molecule has 0 atom stereocenters. The molecule has 2 aliphatic rings. The molecule has 0 bridgehead atoms. The molecule has 0 aliphatic heterocycles. The predicted molar refractivity (Wildman–Crippen MR) is 72.0 cm³/mol. The number of nitrogens with zero attached hydrogens (tertiary/aromatic N) is 1. The maximum Gasteiger partial charge on any atom is 0.243 e. The molecule has 102 valence electrons. The Morgan fingerprint density at radius 1 is 1.33 bits per heavy atom. The summed E-state index contributed by atoms with van der Waals surface area (Å²) in [6.07, 6.45) is 7.73. The van der Waals surface area contributed by atoms with Gasteiger partial charge in [-0.05, 0) is 38.2 Å². The number of nitrogens with one attached hydrogen (secondary N) is 1. The average molecular weight is 252 g/mol. The summed E-state index contributed by atoms with van der Waals surface area (Å²) in [6.45, 7) is 4.80. The van der Waals surface area contributed by atoms with Crippen LogP contribution in [0.4, 0.5) is 0 Å². The molecule has 0 heterocycles. The highest BCUT2D eigenvalue weighted by molar-refractivity contribution is 5.86. The number of amides is 2. The number of hydrogen-bond acceptors (Lipinski definition) is 2. The van der Waals surface area contributed by atoms with Crippen molar-refractivity contribution >= 4 is 11.8 Å². The van der Waals surface area contributed by atoms with E-state index in [0.717, 1.165) is 38.6 Å². The second-order valence-electron chi connectivity index (χ2n) is 5.24. The molecule has 2 fully saturated rings. The summed E-state index contributed by atoms with van der Waals surface area (Å²) in [5, 5.41) is 2.75. The molecule has 0 spiro atoms. The van der Waals surface area contributed by atoms with E-state index in [4.69, 9.17) is 0 Å². The first kappa shape index (κ1) is 13.1. The lowest BCUT2D eigenvalue weighted by atomic mass is 9.84. The molecule has 0 aromatic carbocycles. The first-order chi connectivity index (χ1) is 8.72. The van der Waals surface area contributed by atoms with Crippen LogP contribution in [0.5, 0.6) is 0 Å². The molecule has 18 heavy (non-hydrogen) atoms. The Hall–Kier alpha value is -1.32. The summed E-state index contributed by atoms with van der Waals surface area (Å²) < 4.78 is 0. The fraction of sp³-hybridized carbons (Fsp3) is 0.714. The highest BCUT2D eigenvalue weighted by Crippen LogP contribution is 2.33. The molecule has 2 saturated carbocycles. The maximum atomic E-state index is 12.2. The minimum Gasteiger partial charge on any atom is -0.353 e. The van der Waals surface area contributed by atoms with Crippen LogP contribution in [0.1, 0.15) is 40.0 Å². The normalized spacial score (nSPS) is 18.9. The van der Waals surface area contributed by atoms with Crippen molar-refractivity contribution in [3.05, 3.63) is 12.7 Å².